The number of hydrogen-bond acceptors (Lipinski definition) is 7. The lowest BCUT2D eigenvalue weighted by Gasteiger charge is -2.27. The van der Waals surface area contributed by atoms with Crippen LogP contribution in [0.3, 0.4) is 0 Å². The zero-order valence-electron chi connectivity index (χ0n) is 26.2. The molecular weight excluding hydrogens is 600 g/mol. The second-order valence-corrected chi connectivity index (χ2v) is 14.8. The molecule has 3 aromatic carbocycles. The Kier molecular flexibility index (Phi) is 9.40. The predicted molar refractivity (Wildman–Crippen MR) is 179 cm³/mol. The molecule has 0 aromatic heterocycles. The number of nitrogens with two attached hydrogens (primary N) is 1. The zero-order chi connectivity index (χ0) is 32.4. The van der Waals surface area contributed by atoms with E-state index in [0.717, 1.165) is 60.8 Å². The minimum Gasteiger partial charge on any atom is -0.377 e. The maximum Gasteiger partial charge on any atom is 0.240 e. The van der Waals surface area contributed by atoms with Gasteiger partial charge in [-0.25, -0.2) is 13.1 Å². The maximum atomic E-state index is 13.7. The number of carbonyl (C=O) groups excluding carboxylic acids is 3. The first-order chi connectivity index (χ1) is 22.1. The van der Waals surface area contributed by atoms with E-state index in [-0.39, 0.29) is 47.3 Å². The lowest BCUT2D eigenvalue weighted by Crippen LogP contribution is -2.31. The Labute approximate surface area is 270 Å². The van der Waals surface area contributed by atoms with Crippen molar-refractivity contribution in [2.75, 3.05) is 23.7 Å². The van der Waals surface area contributed by atoms with Gasteiger partial charge in [0.25, 0.3) is 0 Å². The van der Waals surface area contributed by atoms with E-state index in [1.165, 1.54) is 0 Å². The monoisotopic (exact) mass is 642 g/mol. The Morgan fingerprint density at radius 2 is 1.65 bits per heavy atom. The number of nitrogens with one attached hydrogen (secondary N) is 3. The molecule has 46 heavy (non-hydrogen) atoms. The molecule has 3 aliphatic rings. The van der Waals surface area contributed by atoms with Crippen LogP contribution in [0.4, 0.5) is 11.4 Å². The summed E-state index contributed by atoms with van der Waals surface area (Å²) in [5.41, 5.74) is 11.4. The number of Topliss-reactive ketones (excluding diaryl/α,β-unsaturated/α-hetero) is 2. The van der Waals surface area contributed by atoms with Crippen molar-refractivity contribution in [1.29, 1.82) is 0 Å². The summed E-state index contributed by atoms with van der Waals surface area (Å²) in [7, 11) is -3.54. The Hall–Kier alpha value is -3.86. The highest BCUT2D eigenvalue weighted by molar-refractivity contribution is 7.89. The Morgan fingerprint density at radius 3 is 2.33 bits per heavy atom. The topological polar surface area (TPSA) is 147 Å². The van der Waals surface area contributed by atoms with E-state index in [9.17, 15) is 22.8 Å². The number of sulfonamides is 1. The quantitative estimate of drug-likeness (QED) is 0.211. The third-order valence-electron chi connectivity index (χ3n) is 9.64. The van der Waals surface area contributed by atoms with E-state index < -0.39 is 15.9 Å². The first kappa shape index (κ1) is 32.1. The molecular formula is C36H42N4O5S. The number of ketones is 2. The summed E-state index contributed by atoms with van der Waals surface area (Å²) < 4.78 is 28.1. The third-order valence-corrected chi connectivity index (χ3v) is 11.2. The van der Waals surface area contributed by atoms with Crippen molar-refractivity contribution in [3.63, 3.8) is 0 Å². The van der Waals surface area contributed by atoms with Crippen LogP contribution >= 0.6 is 0 Å². The number of carbonyl (C=O) groups is 3. The van der Waals surface area contributed by atoms with Crippen LogP contribution < -0.4 is 21.1 Å². The van der Waals surface area contributed by atoms with Gasteiger partial charge in [0, 0.05) is 41.2 Å². The summed E-state index contributed by atoms with van der Waals surface area (Å²) in [6, 6.07) is 18.3. The van der Waals surface area contributed by atoms with Gasteiger partial charge in [0.2, 0.25) is 15.9 Å². The fourth-order valence-corrected chi connectivity index (χ4v) is 8.02. The number of hydrogen-bond donors (Lipinski definition) is 4. The second-order valence-electron chi connectivity index (χ2n) is 13.1. The molecule has 2 fully saturated rings. The molecule has 1 aliphatic heterocycles. The molecule has 2 saturated carbocycles. The Bertz CT molecular complexity index is 1740. The summed E-state index contributed by atoms with van der Waals surface area (Å²) in [6.07, 6.45) is 5.79. The van der Waals surface area contributed by atoms with Gasteiger partial charge in [0.15, 0.2) is 5.78 Å². The smallest absolute Gasteiger partial charge is 0.240 e. The Balaban J connectivity index is 1.17. The summed E-state index contributed by atoms with van der Waals surface area (Å²) in [4.78, 5) is 39.5. The largest absolute Gasteiger partial charge is 0.377 e. The highest BCUT2D eigenvalue weighted by atomic mass is 32.2. The van der Waals surface area contributed by atoms with Crippen molar-refractivity contribution >= 4 is 38.9 Å². The lowest BCUT2D eigenvalue weighted by molar-refractivity contribution is -0.129. The van der Waals surface area contributed by atoms with Crippen LogP contribution in [0, 0.1) is 24.7 Å². The predicted octanol–water partition coefficient (Wildman–Crippen LogP) is 5.23. The van der Waals surface area contributed by atoms with Crippen LogP contribution in [0.5, 0.6) is 0 Å². The third kappa shape index (κ3) is 7.40. The standard InChI is InChI=1S/C36H42N4O5S/c1-22-16-30(46(44,45)40-28-10-11-28)13-15-31(22)25-6-2-23(3-7-25)17-27(18-34(41)26-8-4-24(20-37)5-9-26)36(43)39-29-12-14-32-33(19-29)38-21-35(32)42/h2-3,6-7,12-16,19,24,26-28,38,40H,4-5,8-11,17-18,20-21,37H2,1H3,(H,39,43)/t24?,26?,27-/m1/s1. The minimum absolute atomic E-state index is 0.0194. The zero-order valence-corrected chi connectivity index (χ0v) is 27.0. The average Bonchev–Trinajstić information content (AvgIpc) is 3.79. The van der Waals surface area contributed by atoms with Crippen LogP contribution in [-0.2, 0) is 26.0 Å². The van der Waals surface area contributed by atoms with E-state index >= 15 is 0 Å². The number of fused-ring (bicyclic) bond motifs is 1. The van der Waals surface area contributed by atoms with E-state index in [2.05, 4.69) is 15.4 Å². The molecule has 0 unspecified atom stereocenters. The first-order valence-electron chi connectivity index (χ1n) is 16.3. The molecule has 1 amide bonds. The van der Waals surface area contributed by atoms with Gasteiger partial charge < -0.3 is 16.4 Å². The van der Waals surface area contributed by atoms with Crippen LogP contribution in [0.1, 0.15) is 66.4 Å². The molecule has 242 valence electrons. The number of amides is 1. The fraction of sp³-hybridized carbons (Fsp3) is 0.417. The molecule has 5 N–H and O–H groups in total. The second kappa shape index (κ2) is 13.5. The maximum absolute atomic E-state index is 13.7. The van der Waals surface area contributed by atoms with Gasteiger partial charge in [0.05, 0.1) is 11.4 Å². The molecule has 0 bridgehead atoms. The van der Waals surface area contributed by atoms with Gasteiger partial charge in [-0.3, -0.25) is 14.4 Å². The summed E-state index contributed by atoms with van der Waals surface area (Å²) in [5, 5.41) is 6.06. The molecule has 2 aliphatic carbocycles. The summed E-state index contributed by atoms with van der Waals surface area (Å²) in [6.45, 7) is 2.78. The molecule has 10 heteroatoms. The number of benzene rings is 3. The van der Waals surface area contributed by atoms with E-state index in [1.54, 1.807) is 30.3 Å². The van der Waals surface area contributed by atoms with Gasteiger partial charge in [-0.15, -0.1) is 0 Å². The van der Waals surface area contributed by atoms with Crippen molar-refractivity contribution in [1.82, 2.24) is 4.72 Å². The van der Waals surface area contributed by atoms with E-state index in [0.29, 0.717) is 35.8 Å². The molecule has 9 nitrogen and oxygen atoms in total. The average molecular weight is 643 g/mol. The molecule has 0 saturated heterocycles. The van der Waals surface area contributed by atoms with Gasteiger partial charge in [-0.05, 0) is 117 Å². The van der Waals surface area contributed by atoms with Crippen molar-refractivity contribution in [2.24, 2.45) is 23.5 Å². The number of rotatable bonds is 12. The number of anilines is 2. The van der Waals surface area contributed by atoms with Gasteiger partial charge in [-0.2, -0.15) is 0 Å². The SMILES string of the molecule is Cc1cc(S(=O)(=O)NC2CC2)ccc1-c1ccc(C[C@H](CC(=O)C2CCC(CN)CC2)C(=O)Nc2ccc3c(c2)NCC3=O)cc1. The molecule has 0 spiro atoms. The van der Waals surface area contributed by atoms with E-state index in [1.807, 2.05) is 37.3 Å². The van der Waals surface area contributed by atoms with Crippen molar-refractivity contribution in [3.05, 3.63) is 77.4 Å². The Morgan fingerprint density at radius 1 is 0.935 bits per heavy atom. The summed E-state index contributed by atoms with van der Waals surface area (Å²) >= 11 is 0. The molecule has 1 atom stereocenters. The minimum atomic E-state index is -3.54. The van der Waals surface area contributed by atoms with Gasteiger partial charge >= 0.3 is 0 Å². The fourth-order valence-electron chi connectivity index (χ4n) is 6.63. The molecule has 6 rings (SSSR count). The highest BCUT2D eigenvalue weighted by Gasteiger charge is 2.31. The van der Waals surface area contributed by atoms with Crippen molar-refractivity contribution < 1.29 is 22.8 Å². The number of aryl methyl sites for hydroxylation is 1. The van der Waals surface area contributed by atoms with Crippen molar-refractivity contribution in [2.45, 2.75) is 69.2 Å². The van der Waals surface area contributed by atoms with Crippen molar-refractivity contribution in [3.8, 4) is 11.1 Å². The lowest BCUT2D eigenvalue weighted by atomic mass is 9.77. The summed E-state index contributed by atoms with van der Waals surface area (Å²) in [5.74, 6) is -0.250. The molecule has 1 heterocycles. The van der Waals surface area contributed by atoms with Crippen LogP contribution in [0.2, 0.25) is 0 Å². The van der Waals surface area contributed by atoms with Gasteiger partial charge in [0.1, 0.15) is 5.78 Å². The van der Waals surface area contributed by atoms with Crippen LogP contribution in [0.25, 0.3) is 11.1 Å². The van der Waals surface area contributed by atoms with E-state index in [4.69, 9.17) is 5.73 Å². The highest BCUT2D eigenvalue weighted by Crippen LogP contribution is 2.33. The van der Waals surface area contributed by atoms with Gasteiger partial charge in [-0.1, -0.05) is 30.3 Å². The van der Waals surface area contributed by atoms with Crippen LogP contribution in [-0.4, -0.2) is 45.0 Å². The molecule has 0 radical (unpaired) electrons. The normalized spacial score (nSPS) is 20.1. The van der Waals surface area contributed by atoms with Crippen LogP contribution in [0.15, 0.2) is 65.6 Å². The first-order valence-corrected chi connectivity index (χ1v) is 17.7. The molecule has 3 aromatic rings.